The molecule has 0 bridgehead atoms. The predicted octanol–water partition coefficient (Wildman–Crippen LogP) is 5.45. The minimum Gasteiger partial charge on any atom is -0.326 e. The molecule has 0 aliphatic heterocycles. The third kappa shape index (κ3) is 4.42. The van der Waals surface area contributed by atoms with Crippen molar-refractivity contribution in [3.8, 4) is 0 Å². The van der Waals surface area contributed by atoms with Gasteiger partial charge in [0.1, 0.15) is 0 Å². The van der Waals surface area contributed by atoms with Gasteiger partial charge in [-0.3, -0.25) is 9.69 Å². The van der Waals surface area contributed by atoms with Crippen LogP contribution in [0.1, 0.15) is 36.0 Å². The highest BCUT2D eigenvalue weighted by Crippen LogP contribution is 2.30. The molecule has 1 saturated carbocycles. The molecule has 4 rings (SSSR count). The number of anilines is 1. The molecule has 0 radical (unpaired) electrons. The first-order valence-corrected chi connectivity index (χ1v) is 10.2. The number of hydrogen-bond donors (Lipinski definition) is 1. The second-order valence-electron chi connectivity index (χ2n) is 7.96. The zero-order valence-corrected chi connectivity index (χ0v) is 16.7. The van der Waals surface area contributed by atoms with E-state index in [2.05, 4.69) is 65.7 Å². The van der Waals surface area contributed by atoms with Gasteiger partial charge in [0.2, 0.25) is 5.91 Å². The van der Waals surface area contributed by atoms with Crippen LogP contribution in [0.15, 0.2) is 60.7 Å². The summed E-state index contributed by atoms with van der Waals surface area (Å²) in [7, 11) is 0. The highest BCUT2D eigenvalue weighted by molar-refractivity contribution is 5.91. The number of carbonyl (C=O) groups is 1. The number of benzene rings is 3. The molecule has 3 aromatic rings. The van der Waals surface area contributed by atoms with E-state index in [0.29, 0.717) is 12.5 Å². The van der Waals surface area contributed by atoms with Crippen molar-refractivity contribution in [2.24, 2.45) is 0 Å². The highest BCUT2D eigenvalue weighted by atomic mass is 16.1. The van der Waals surface area contributed by atoms with Crippen LogP contribution in [0.4, 0.5) is 5.69 Å². The Morgan fingerprint density at radius 2 is 1.82 bits per heavy atom. The molecule has 1 fully saturated rings. The lowest BCUT2D eigenvalue weighted by Crippen LogP contribution is -2.29. The molecule has 0 aromatic heterocycles. The smallest absolute Gasteiger partial charge is 0.225 e. The first-order chi connectivity index (χ1) is 13.6. The Hall–Kier alpha value is -2.65. The Labute approximate surface area is 167 Å². The molecule has 0 saturated heterocycles. The quantitative estimate of drug-likeness (QED) is 0.598. The Bertz CT molecular complexity index is 986. The van der Waals surface area contributed by atoms with Crippen LogP contribution in [0.5, 0.6) is 0 Å². The van der Waals surface area contributed by atoms with Crippen molar-refractivity contribution >= 4 is 22.4 Å². The lowest BCUT2D eigenvalue weighted by Gasteiger charge is -2.23. The number of amides is 1. The van der Waals surface area contributed by atoms with Gasteiger partial charge < -0.3 is 5.32 Å². The van der Waals surface area contributed by atoms with Crippen LogP contribution in [-0.4, -0.2) is 23.4 Å². The van der Waals surface area contributed by atoms with Crippen LogP contribution in [0.3, 0.4) is 0 Å². The van der Waals surface area contributed by atoms with E-state index in [1.807, 2.05) is 19.1 Å². The summed E-state index contributed by atoms with van der Waals surface area (Å²) in [5.41, 5.74) is 4.59. The Balaban J connectivity index is 1.41. The molecular weight excluding hydrogens is 344 g/mol. The third-order valence-electron chi connectivity index (χ3n) is 5.60. The van der Waals surface area contributed by atoms with Crippen molar-refractivity contribution < 1.29 is 4.79 Å². The maximum absolute atomic E-state index is 12.5. The van der Waals surface area contributed by atoms with Gasteiger partial charge in [-0.25, -0.2) is 0 Å². The molecule has 0 heterocycles. The topological polar surface area (TPSA) is 32.3 Å². The largest absolute Gasteiger partial charge is 0.326 e. The second kappa shape index (κ2) is 8.15. The van der Waals surface area contributed by atoms with Gasteiger partial charge in [-0.05, 0) is 54.7 Å². The van der Waals surface area contributed by atoms with Gasteiger partial charge in [-0.1, -0.05) is 60.2 Å². The van der Waals surface area contributed by atoms with Crippen molar-refractivity contribution in [1.82, 2.24) is 4.90 Å². The van der Waals surface area contributed by atoms with Crippen LogP contribution >= 0.6 is 0 Å². The monoisotopic (exact) mass is 372 g/mol. The zero-order chi connectivity index (χ0) is 19.5. The molecule has 144 valence electrons. The summed E-state index contributed by atoms with van der Waals surface area (Å²) in [4.78, 5) is 15.0. The second-order valence-corrected chi connectivity index (χ2v) is 7.96. The molecule has 3 nitrogen and oxygen atoms in total. The molecule has 0 spiro atoms. The number of carbonyl (C=O) groups excluding carboxylic acids is 1. The minimum absolute atomic E-state index is 0.0931. The fourth-order valence-corrected chi connectivity index (χ4v) is 3.89. The van der Waals surface area contributed by atoms with Gasteiger partial charge in [0.05, 0.1) is 0 Å². The van der Waals surface area contributed by atoms with Crippen molar-refractivity contribution in [3.05, 3.63) is 77.4 Å². The number of fused-ring (bicyclic) bond motifs is 1. The van der Waals surface area contributed by atoms with E-state index in [0.717, 1.165) is 24.3 Å². The van der Waals surface area contributed by atoms with Gasteiger partial charge in [0, 0.05) is 31.2 Å². The van der Waals surface area contributed by atoms with E-state index in [1.54, 1.807) is 0 Å². The lowest BCUT2D eigenvalue weighted by molar-refractivity contribution is -0.116. The zero-order valence-electron chi connectivity index (χ0n) is 16.7. The van der Waals surface area contributed by atoms with Crippen LogP contribution in [0.2, 0.25) is 0 Å². The van der Waals surface area contributed by atoms with E-state index in [1.165, 1.54) is 34.7 Å². The van der Waals surface area contributed by atoms with E-state index < -0.39 is 0 Å². The summed E-state index contributed by atoms with van der Waals surface area (Å²) >= 11 is 0. The number of nitrogens with one attached hydrogen (secondary N) is 1. The van der Waals surface area contributed by atoms with E-state index in [9.17, 15) is 4.79 Å². The molecule has 0 unspecified atom stereocenters. The summed E-state index contributed by atoms with van der Waals surface area (Å²) in [6, 6.07) is 21.8. The molecule has 3 aromatic carbocycles. The van der Waals surface area contributed by atoms with Crippen molar-refractivity contribution in [3.63, 3.8) is 0 Å². The number of hydrogen-bond acceptors (Lipinski definition) is 2. The van der Waals surface area contributed by atoms with Crippen LogP contribution in [-0.2, 0) is 11.3 Å². The molecule has 1 amide bonds. The highest BCUT2D eigenvalue weighted by Gasteiger charge is 2.29. The number of nitrogens with zero attached hydrogens (tertiary/aromatic N) is 1. The molecule has 1 N–H and O–H groups in total. The lowest BCUT2D eigenvalue weighted by atomic mass is 10.0. The van der Waals surface area contributed by atoms with Gasteiger partial charge in [0.25, 0.3) is 0 Å². The van der Waals surface area contributed by atoms with E-state index in [-0.39, 0.29) is 5.91 Å². The van der Waals surface area contributed by atoms with Crippen LogP contribution in [0, 0.1) is 13.8 Å². The summed E-state index contributed by atoms with van der Waals surface area (Å²) in [6.07, 6.45) is 3.00. The van der Waals surface area contributed by atoms with Gasteiger partial charge in [0.15, 0.2) is 0 Å². The Morgan fingerprint density at radius 1 is 1.04 bits per heavy atom. The van der Waals surface area contributed by atoms with Crippen molar-refractivity contribution in [2.45, 2.75) is 45.7 Å². The maximum atomic E-state index is 12.5. The summed E-state index contributed by atoms with van der Waals surface area (Å²) < 4.78 is 0. The van der Waals surface area contributed by atoms with Crippen molar-refractivity contribution in [2.75, 3.05) is 11.9 Å². The van der Waals surface area contributed by atoms with Gasteiger partial charge in [-0.15, -0.1) is 0 Å². The first kappa shape index (κ1) is 18.7. The van der Waals surface area contributed by atoms with E-state index >= 15 is 0 Å². The normalized spacial score (nSPS) is 13.8. The summed E-state index contributed by atoms with van der Waals surface area (Å²) in [6.45, 7) is 5.81. The minimum atomic E-state index is 0.0931. The SMILES string of the molecule is Cc1ccc(NC(=O)CCN(Cc2cccc3ccccc23)C2CC2)c(C)c1. The number of aryl methyl sites for hydroxylation is 2. The Morgan fingerprint density at radius 3 is 2.61 bits per heavy atom. The van der Waals surface area contributed by atoms with Gasteiger partial charge >= 0.3 is 0 Å². The Kier molecular flexibility index (Phi) is 5.45. The first-order valence-electron chi connectivity index (χ1n) is 10.2. The van der Waals surface area contributed by atoms with Gasteiger partial charge in [-0.2, -0.15) is 0 Å². The molecule has 0 atom stereocenters. The average Bonchev–Trinajstić information content (AvgIpc) is 3.53. The number of rotatable bonds is 7. The maximum Gasteiger partial charge on any atom is 0.225 e. The van der Waals surface area contributed by atoms with Crippen LogP contribution in [0.25, 0.3) is 10.8 Å². The van der Waals surface area contributed by atoms with E-state index in [4.69, 9.17) is 0 Å². The molecular formula is C25H28N2O. The third-order valence-corrected chi connectivity index (χ3v) is 5.60. The standard InChI is InChI=1S/C25H28N2O/c1-18-10-13-24(19(2)16-18)26-25(28)14-15-27(22-11-12-22)17-21-8-5-7-20-6-3-4-9-23(20)21/h3-10,13,16,22H,11-12,14-15,17H2,1-2H3,(H,26,28). The fourth-order valence-electron chi connectivity index (χ4n) is 3.89. The molecule has 1 aliphatic carbocycles. The van der Waals surface area contributed by atoms with Crippen LogP contribution < -0.4 is 5.32 Å². The summed E-state index contributed by atoms with van der Waals surface area (Å²) in [5, 5.41) is 5.68. The van der Waals surface area contributed by atoms with Crippen molar-refractivity contribution in [1.29, 1.82) is 0 Å². The molecule has 1 aliphatic rings. The fraction of sp³-hybridized carbons (Fsp3) is 0.320. The molecule has 28 heavy (non-hydrogen) atoms. The molecule has 3 heteroatoms. The summed E-state index contributed by atoms with van der Waals surface area (Å²) in [5.74, 6) is 0.0931. The predicted molar refractivity (Wildman–Crippen MR) is 117 cm³/mol. The average molecular weight is 373 g/mol.